The minimum absolute atomic E-state index is 0.0481. The molecule has 0 fully saturated rings. The van der Waals surface area contributed by atoms with Crippen LogP contribution in [0.3, 0.4) is 0 Å². The van der Waals surface area contributed by atoms with E-state index in [0.29, 0.717) is 18.4 Å². The Morgan fingerprint density at radius 3 is 2.23 bits per heavy atom. The molecule has 13 heavy (non-hydrogen) atoms. The highest BCUT2D eigenvalue weighted by Crippen LogP contribution is 2.11. The van der Waals surface area contributed by atoms with Crippen LogP contribution in [0.15, 0.2) is 12.2 Å². The number of carbonyl (C=O) groups excluding carboxylic acids is 2. The van der Waals surface area contributed by atoms with Crippen LogP contribution < -0.4 is 0 Å². The van der Waals surface area contributed by atoms with Gasteiger partial charge in [0.25, 0.3) is 0 Å². The van der Waals surface area contributed by atoms with Crippen molar-refractivity contribution >= 4 is 11.8 Å². The number of ether oxygens (including phenoxy) is 1. The first-order chi connectivity index (χ1) is 6.02. The Balaban J connectivity index is 4.31. The SMILES string of the molecule is C=C(C(=O)CC)C(CC)OC(C)=O. The molecule has 0 heterocycles. The molecule has 0 N–H and O–H groups in total. The van der Waals surface area contributed by atoms with E-state index < -0.39 is 6.10 Å². The molecule has 1 atom stereocenters. The summed E-state index contributed by atoms with van der Waals surface area (Å²) >= 11 is 0. The first-order valence-electron chi connectivity index (χ1n) is 4.42. The van der Waals surface area contributed by atoms with E-state index >= 15 is 0 Å². The Kier molecular flexibility index (Phi) is 5.04. The van der Waals surface area contributed by atoms with Gasteiger partial charge in [-0.1, -0.05) is 20.4 Å². The second-order valence-corrected chi connectivity index (χ2v) is 2.81. The van der Waals surface area contributed by atoms with Crippen molar-refractivity contribution in [2.75, 3.05) is 0 Å². The minimum atomic E-state index is -0.454. The standard InChI is InChI=1S/C10H16O3/c1-5-9(12)7(3)10(6-2)13-8(4)11/h10H,3,5-6H2,1-2,4H3. The van der Waals surface area contributed by atoms with E-state index in [9.17, 15) is 9.59 Å². The first-order valence-corrected chi connectivity index (χ1v) is 4.42. The molecule has 0 amide bonds. The van der Waals surface area contributed by atoms with Crippen LogP contribution >= 0.6 is 0 Å². The molecular formula is C10H16O3. The Bertz CT molecular complexity index is 218. The number of hydrogen-bond donors (Lipinski definition) is 0. The van der Waals surface area contributed by atoms with Gasteiger partial charge >= 0.3 is 5.97 Å². The minimum Gasteiger partial charge on any atom is -0.458 e. The van der Waals surface area contributed by atoms with E-state index in [0.717, 1.165) is 0 Å². The van der Waals surface area contributed by atoms with Crippen LogP contribution in [-0.4, -0.2) is 17.9 Å². The van der Waals surface area contributed by atoms with E-state index in [1.54, 1.807) is 6.92 Å². The van der Waals surface area contributed by atoms with Crippen molar-refractivity contribution in [1.29, 1.82) is 0 Å². The molecule has 0 aliphatic carbocycles. The van der Waals surface area contributed by atoms with Crippen molar-refractivity contribution in [2.24, 2.45) is 0 Å². The van der Waals surface area contributed by atoms with Crippen LogP contribution in [0.25, 0.3) is 0 Å². The molecule has 0 saturated carbocycles. The summed E-state index contributed by atoms with van der Waals surface area (Å²) in [5, 5.41) is 0. The van der Waals surface area contributed by atoms with Crippen LogP contribution in [0.2, 0.25) is 0 Å². The van der Waals surface area contributed by atoms with Crippen molar-refractivity contribution < 1.29 is 14.3 Å². The molecule has 0 saturated heterocycles. The van der Waals surface area contributed by atoms with Gasteiger partial charge in [-0.3, -0.25) is 9.59 Å². The van der Waals surface area contributed by atoms with E-state index in [2.05, 4.69) is 6.58 Å². The number of hydrogen-bond acceptors (Lipinski definition) is 3. The van der Waals surface area contributed by atoms with Crippen molar-refractivity contribution in [3.8, 4) is 0 Å². The molecule has 74 valence electrons. The summed E-state index contributed by atoms with van der Waals surface area (Å²) in [6.07, 6.45) is 0.533. The number of esters is 1. The zero-order chi connectivity index (χ0) is 10.4. The molecule has 0 aliphatic rings. The van der Waals surface area contributed by atoms with Gasteiger partial charge in [-0.25, -0.2) is 0 Å². The van der Waals surface area contributed by atoms with Crippen LogP contribution in [0.5, 0.6) is 0 Å². The average molecular weight is 184 g/mol. The summed E-state index contributed by atoms with van der Waals surface area (Å²) in [5.41, 5.74) is 0.389. The van der Waals surface area contributed by atoms with E-state index in [4.69, 9.17) is 4.74 Å². The Hall–Kier alpha value is -1.12. The van der Waals surface area contributed by atoms with Gasteiger partial charge in [0.15, 0.2) is 5.78 Å². The number of carbonyl (C=O) groups is 2. The monoisotopic (exact) mass is 184 g/mol. The fourth-order valence-electron chi connectivity index (χ4n) is 1.01. The highest BCUT2D eigenvalue weighted by molar-refractivity contribution is 5.95. The molecule has 0 aromatic heterocycles. The topological polar surface area (TPSA) is 43.4 Å². The zero-order valence-electron chi connectivity index (χ0n) is 8.42. The third-order valence-electron chi connectivity index (χ3n) is 1.75. The summed E-state index contributed by atoms with van der Waals surface area (Å²) in [7, 11) is 0. The maximum atomic E-state index is 11.2. The quantitative estimate of drug-likeness (QED) is 0.484. The van der Waals surface area contributed by atoms with Crippen LogP contribution in [-0.2, 0) is 14.3 Å². The Morgan fingerprint density at radius 1 is 1.38 bits per heavy atom. The summed E-state index contributed by atoms with van der Waals surface area (Å²) < 4.78 is 4.92. The lowest BCUT2D eigenvalue weighted by atomic mass is 10.0. The molecule has 0 spiro atoms. The molecule has 0 aromatic rings. The Morgan fingerprint density at radius 2 is 1.92 bits per heavy atom. The molecule has 3 nitrogen and oxygen atoms in total. The normalized spacial score (nSPS) is 11.9. The molecule has 0 bridgehead atoms. The average Bonchev–Trinajstić information content (AvgIpc) is 2.11. The first kappa shape index (κ1) is 11.9. The van der Waals surface area contributed by atoms with Crippen LogP contribution in [0.4, 0.5) is 0 Å². The second-order valence-electron chi connectivity index (χ2n) is 2.81. The maximum Gasteiger partial charge on any atom is 0.303 e. The van der Waals surface area contributed by atoms with Gasteiger partial charge in [0.05, 0.1) is 0 Å². The highest BCUT2D eigenvalue weighted by atomic mass is 16.5. The number of Topliss-reactive ketones (excluding diaryl/α,β-unsaturated/α-hetero) is 1. The van der Waals surface area contributed by atoms with Crippen LogP contribution in [0.1, 0.15) is 33.6 Å². The molecular weight excluding hydrogens is 168 g/mol. The van der Waals surface area contributed by atoms with Crippen molar-refractivity contribution in [3.05, 3.63) is 12.2 Å². The molecule has 0 aromatic carbocycles. The lowest BCUT2D eigenvalue weighted by Gasteiger charge is -2.16. The summed E-state index contributed by atoms with van der Waals surface area (Å²) in [6, 6.07) is 0. The lowest BCUT2D eigenvalue weighted by molar-refractivity contribution is -0.145. The van der Waals surface area contributed by atoms with Gasteiger partial charge in [-0.2, -0.15) is 0 Å². The lowest BCUT2D eigenvalue weighted by Crippen LogP contribution is -2.22. The van der Waals surface area contributed by atoms with Crippen molar-refractivity contribution in [2.45, 2.75) is 39.7 Å². The molecule has 1 unspecified atom stereocenters. The smallest absolute Gasteiger partial charge is 0.303 e. The molecule has 3 heteroatoms. The Labute approximate surface area is 78.8 Å². The second kappa shape index (κ2) is 5.51. The summed E-state index contributed by atoms with van der Waals surface area (Å²) in [5.74, 6) is -0.426. The van der Waals surface area contributed by atoms with Crippen LogP contribution in [0, 0.1) is 0 Å². The summed E-state index contributed by atoms with van der Waals surface area (Å²) in [6.45, 7) is 8.56. The third kappa shape index (κ3) is 3.87. The third-order valence-corrected chi connectivity index (χ3v) is 1.75. The van der Waals surface area contributed by atoms with Crippen molar-refractivity contribution in [3.63, 3.8) is 0 Å². The zero-order valence-corrected chi connectivity index (χ0v) is 8.42. The van der Waals surface area contributed by atoms with Gasteiger partial charge in [0, 0.05) is 18.9 Å². The summed E-state index contributed by atoms with van der Waals surface area (Å²) in [4.78, 5) is 21.9. The molecule has 0 aliphatic heterocycles. The van der Waals surface area contributed by atoms with Crippen molar-refractivity contribution in [1.82, 2.24) is 0 Å². The molecule has 0 rings (SSSR count). The molecule has 0 radical (unpaired) electrons. The largest absolute Gasteiger partial charge is 0.458 e. The van der Waals surface area contributed by atoms with Gasteiger partial charge in [0.1, 0.15) is 6.10 Å². The predicted molar refractivity (Wildman–Crippen MR) is 50.3 cm³/mol. The predicted octanol–water partition coefficient (Wildman–Crippen LogP) is 1.86. The highest BCUT2D eigenvalue weighted by Gasteiger charge is 2.18. The van der Waals surface area contributed by atoms with E-state index in [-0.39, 0.29) is 11.8 Å². The van der Waals surface area contributed by atoms with Gasteiger partial charge in [-0.05, 0) is 6.42 Å². The fourth-order valence-corrected chi connectivity index (χ4v) is 1.01. The fraction of sp³-hybridized carbons (Fsp3) is 0.600. The number of rotatable bonds is 5. The van der Waals surface area contributed by atoms with Gasteiger partial charge in [-0.15, -0.1) is 0 Å². The number of ketones is 1. The van der Waals surface area contributed by atoms with E-state index in [1.165, 1.54) is 6.92 Å². The van der Waals surface area contributed by atoms with Gasteiger partial charge < -0.3 is 4.74 Å². The van der Waals surface area contributed by atoms with Gasteiger partial charge in [0.2, 0.25) is 0 Å². The maximum absolute atomic E-state index is 11.2. The van der Waals surface area contributed by atoms with E-state index in [1.807, 2.05) is 6.92 Å².